The highest BCUT2D eigenvalue weighted by Gasteiger charge is 2.32. The third-order valence-corrected chi connectivity index (χ3v) is 5.25. The molecule has 3 heterocycles. The molecule has 5 rings (SSSR count). The molecule has 23 heavy (non-hydrogen) atoms. The van der Waals surface area contributed by atoms with Crippen LogP contribution < -0.4 is 0 Å². The Hall–Kier alpha value is -2.26. The second-order valence-electron chi connectivity index (χ2n) is 6.54. The highest BCUT2D eigenvalue weighted by atomic mass is 19.1. The smallest absolute Gasteiger partial charge is 0.149 e. The van der Waals surface area contributed by atoms with Gasteiger partial charge in [0.15, 0.2) is 0 Å². The van der Waals surface area contributed by atoms with Gasteiger partial charge in [-0.2, -0.15) is 0 Å². The largest absolute Gasteiger partial charge is 0.291 e. The Labute approximate surface area is 134 Å². The minimum absolute atomic E-state index is 0.225. The topological polar surface area (TPSA) is 16.1 Å². The average Bonchev–Trinajstić information content (AvgIpc) is 2.59. The monoisotopic (exact) mass is 304 g/mol. The van der Waals surface area contributed by atoms with Crippen molar-refractivity contribution in [2.24, 2.45) is 0 Å². The number of nitrogens with zero attached hydrogens (tertiary/aromatic N) is 2. The van der Waals surface area contributed by atoms with E-state index in [1.54, 1.807) is 6.07 Å². The molecule has 0 aliphatic carbocycles. The minimum Gasteiger partial charge on any atom is -0.291 e. The molecule has 0 N–H and O–H groups in total. The van der Waals surface area contributed by atoms with Crippen molar-refractivity contribution in [3.63, 3.8) is 0 Å². The normalized spacial score (nSPS) is 20.0. The lowest BCUT2D eigenvalue weighted by Gasteiger charge is -2.41. The lowest BCUT2D eigenvalue weighted by molar-refractivity contribution is 0.159. The third-order valence-electron chi connectivity index (χ3n) is 5.25. The molecule has 2 aromatic carbocycles. The number of halogens is 1. The molecule has 3 heteroatoms. The molecule has 1 atom stereocenters. The van der Waals surface area contributed by atoms with Crippen molar-refractivity contribution in [2.75, 3.05) is 6.54 Å². The lowest BCUT2D eigenvalue weighted by atomic mass is 9.86. The predicted molar refractivity (Wildman–Crippen MR) is 88.7 cm³/mol. The molecule has 3 aromatic rings. The van der Waals surface area contributed by atoms with Gasteiger partial charge in [-0.15, -0.1) is 0 Å². The summed E-state index contributed by atoms with van der Waals surface area (Å²) in [4.78, 5) is 7.22. The van der Waals surface area contributed by atoms with Crippen molar-refractivity contribution in [3.05, 3.63) is 76.7 Å². The average molecular weight is 304 g/mol. The summed E-state index contributed by atoms with van der Waals surface area (Å²) < 4.78 is 14.1. The molecule has 2 aliphatic rings. The molecule has 0 amide bonds. The van der Waals surface area contributed by atoms with Gasteiger partial charge in [0.25, 0.3) is 0 Å². The number of rotatable bonds is 0. The second-order valence-corrected chi connectivity index (χ2v) is 6.54. The summed E-state index contributed by atoms with van der Waals surface area (Å²) in [7, 11) is 0. The van der Waals surface area contributed by atoms with Gasteiger partial charge < -0.3 is 0 Å². The Bertz CT molecular complexity index is 919. The van der Waals surface area contributed by atoms with E-state index in [9.17, 15) is 4.39 Å². The number of hydrogen-bond acceptors (Lipinski definition) is 2. The summed E-state index contributed by atoms with van der Waals surface area (Å²) in [5, 5.41) is 0.902. The molecule has 0 bridgehead atoms. The summed E-state index contributed by atoms with van der Waals surface area (Å²) in [5.74, 6) is -0.225. The van der Waals surface area contributed by atoms with E-state index in [0.29, 0.717) is 11.6 Å². The summed E-state index contributed by atoms with van der Waals surface area (Å²) in [5.41, 5.74) is 5.67. The first kappa shape index (κ1) is 13.2. The highest BCUT2D eigenvalue weighted by Crippen LogP contribution is 2.38. The van der Waals surface area contributed by atoms with E-state index in [4.69, 9.17) is 0 Å². The summed E-state index contributed by atoms with van der Waals surface area (Å²) in [6, 6.07) is 16.4. The quantitative estimate of drug-likeness (QED) is 0.623. The number of fused-ring (bicyclic) bond motifs is 5. The first-order valence-corrected chi connectivity index (χ1v) is 8.18. The van der Waals surface area contributed by atoms with Crippen LogP contribution in [0, 0.1) is 5.82 Å². The van der Waals surface area contributed by atoms with Crippen LogP contribution in [0.25, 0.3) is 10.9 Å². The fourth-order valence-corrected chi connectivity index (χ4v) is 4.09. The van der Waals surface area contributed by atoms with Crippen LogP contribution in [0.5, 0.6) is 0 Å². The van der Waals surface area contributed by atoms with E-state index in [1.807, 2.05) is 6.07 Å². The van der Waals surface area contributed by atoms with Crippen molar-refractivity contribution in [1.82, 2.24) is 9.88 Å². The van der Waals surface area contributed by atoms with Crippen LogP contribution in [0.15, 0.2) is 48.5 Å². The molecule has 0 saturated carbocycles. The van der Waals surface area contributed by atoms with Crippen molar-refractivity contribution in [3.8, 4) is 0 Å². The van der Waals surface area contributed by atoms with E-state index < -0.39 is 0 Å². The van der Waals surface area contributed by atoms with Gasteiger partial charge in [-0.25, -0.2) is 9.37 Å². The van der Waals surface area contributed by atoms with Crippen LogP contribution in [0.1, 0.15) is 28.4 Å². The Morgan fingerprint density at radius 2 is 1.96 bits per heavy atom. The Balaban J connectivity index is 1.64. The van der Waals surface area contributed by atoms with E-state index in [-0.39, 0.29) is 5.82 Å². The fourth-order valence-electron chi connectivity index (χ4n) is 4.09. The van der Waals surface area contributed by atoms with Crippen molar-refractivity contribution < 1.29 is 4.39 Å². The molecule has 2 aliphatic heterocycles. The van der Waals surface area contributed by atoms with Crippen LogP contribution in [0.2, 0.25) is 0 Å². The van der Waals surface area contributed by atoms with Gasteiger partial charge in [-0.1, -0.05) is 36.4 Å². The van der Waals surface area contributed by atoms with Gasteiger partial charge in [0, 0.05) is 36.6 Å². The molecule has 1 aromatic heterocycles. The predicted octanol–water partition coefficient (Wildman–Crippen LogP) is 4.03. The zero-order valence-electron chi connectivity index (χ0n) is 12.8. The maximum Gasteiger partial charge on any atom is 0.149 e. The zero-order chi connectivity index (χ0) is 15.4. The number of benzene rings is 2. The molecular weight excluding hydrogens is 287 g/mol. The number of pyridine rings is 1. The fraction of sp³-hybridized carbons (Fsp3) is 0.250. The van der Waals surface area contributed by atoms with E-state index in [1.165, 1.54) is 22.8 Å². The summed E-state index contributed by atoms with van der Waals surface area (Å²) in [6.45, 7) is 2.00. The molecule has 0 spiro atoms. The molecule has 0 radical (unpaired) electrons. The standard InChI is InChI=1S/C20H17FN2/c21-17-7-3-5-14-10-15-12-23-9-8-13-4-1-2-6-16(13)19(23)11-18(15)22-20(14)17/h1-7,10,19H,8-9,11-12H2. The Kier molecular flexibility index (Phi) is 2.79. The molecule has 2 nitrogen and oxygen atoms in total. The van der Waals surface area contributed by atoms with Gasteiger partial charge in [0.1, 0.15) is 11.3 Å². The molecule has 0 fully saturated rings. The van der Waals surface area contributed by atoms with E-state index in [0.717, 1.165) is 37.0 Å². The van der Waals surface area contributed by atoms with E-state index >= 15 is 0 Å². The van der Waals surface area contributed by atoms with E-state index in [2.05, 4.69) is 40.2 Å². The highest BCUT2D eigenvalue weighted by molar-refractivity contribution is 5.80. The first-order chi connectivity index (χ1) is 11.3. The maximum atomic E-state index is 14.1. The summed E-state index contributed by atoms with van der Waals surface area (Å²) in [6.07, 6.45) is 1.98. The van der Waals surface area contributed by atoms with Gasteiger partial charge in [0.05, 0.1) is 0 Å². The molecule has 114 valence electrons. The number of hydrogen-bond donors (Lipinski definition) is 0. The Morgan fingerprint density at radius 1 is 1.04 bits per heavy atom. The number of para-hydroxylation sites is 1. The molecule has 0 saturated heterocycles. The SMILES string of the molecule is Fc1cccc2cc3c(nc12)CC1c2ccccc2CCN1C3. The number of aromatic nitrogens is 1. The second kappa shape index (κ2) is 4.87. The van der Waals surface area contributed by atoms with Crippen LogP contribution >= 0.6 is 0 Å². The van der Waals surface area contributed by atoms with Crippen LogP contribution in [0.4, 0.5) is 4.39 Å². The van der Waals surface area contributed by atoms with Gasteiger partial charge in [-0.05, 0) is 35.2 Å². The van der Waals surface area contributed by atoms with Gasteiger partial charge >= 0.3 is 0 Å². The first-order valence-electron chi connectivity index (χ1n) is 8.18. The van der Waals surface area contributed by atoms with Crippen molar-refractivity contribution in [1.29, 1.82) is 0 Å². The summed E-state index contributed by atoms with van der Waals surface area (Å²) >= 11 is 0. The molecular formula is C20H17FN2. The third kappa shape index (κ3) is 2.00. The van der Waals surface area contributed by atoms with Crippen LogP contribution in [0.3, 0.4) is 0 Å². The zero-order valence-corrected chi connectivity index (χ0v) is 12.8. The van der Waals surface area contributed by atoms with Crippen LogP contribution in [-0.4, -0.2) is 16.4 Å². The van der Waals surface area contributed by atoms with Crippen molar-refractivity contribution >= 4 is 10.9 Å². The van der Waals surface area contributed by atoms with Crippen LogP contribution in [-0.2, 0) is 19.4 Å². The Morgan fingerprint density at radius 3 is 2.91 bits per heavy atom. The van der Waals surface area contributed by atoms with Crippen molar-refractivity contribution in [2.45, 2.75) is 25.4 Å². The maximum absolute atomic E-state index is 14.1. The van der Waals surface area contributed by atoms with Gasteiger partial charge in [0.2, 0.25) is 0 Å². The minimum atomic E-state index is -0.225. The van der Waals surface area contributed by atoms with Gasteiger partial charge in [-0.3, -0.25) is 4.90 Å². The molecule has 1 unspecified atom stereocenters. The lowest BCUT2D eigenvalue weighted by Crippen LogP contribution is -2.39.